The molecule has 1 rings (SSSR count). The lowest BCUT2D eigenvalue weighted by atomic mass is 11.1. The van der Waals surface area contributed by atoms with Gasteiger partial charge in [0.1, 0.15) is 6.33 Å². The molecule has 0 spiro atoms. The van der Waals surface area contributed by atoms with Gasteiger partial charge in [0.2, 0.25) is 5.95 Å². The standard InChI is InChI=1S/C2H4N4.H3O3P/c3-2-4-1-5-6-2;1-4(2)3/h1H,(H3,3,4,5,6);1-3H. The number of aromatic nitrogens is 3. The molecule has 6 N–H and O–H groups in total. The van der Waals surface area contributed by atoms with Gasteiger partial charge in [-0.05, 0) is 0 Å². The Morgan fingerprint density at radius 3 is 2.10 bits per heavy atom. The second kappa shape index (κ2) is 5.07. The Hall–Kier alpha value is -0.750. The van der Waals surface area contributed by atoms with E-state index in [0.717, 1.165) is 0 Å². The second-order valence-electron chi connectivity index (χ2n) is 1.13. The summed E-state index contributed by atoms with van der Waals surface area (Å²) in [4.78, 5) is 25.2. The molecule has 1 aromatic heterocycles. The highest BCUT2D eigenvalue weighted by atomic mass is 31.2. The second-order valence-corrected chi connectivity index (χ2v) is 1.66. The van der Waals surface area contributed by atoms with Gasteiger partial charge in [-0.15, -0.1) is 5.10 Å². The summed E-state index contributed by atoms with van der Waals surface area (Å²) < 4.78 is 0. The Bertz CT molecular complexity index is 151. The van der Waals surface area contributed by atoms with Gasteiger partial charge in [-0.25, -0.2) is 4.98 Å². The normalized spacial score (nSPS) is 8.80. The first kappa shape index (κ1) is 9.25. The molecule has 0 bridgehead atoms. The van der Waals surface area contributed by atoms with Crippen molar-refractivity contribution in [1.29, 1.82) is 0 Å². The minimum absolute atomic E-state index is 0.287. The Kier molecular flexibility index (Phi) is 4.69. The number of anilines is 1. The minimum atomic E-state index is -2.62. The van der Waals surface area contributed by atoms with E-state index in [2.05, 4.69) is 15.2 Å². The molecule has 10 heavy (non-hydrogen) atoms. The van der Waals surface area contributed by atoms with Crippen LogP contribution in [-0.4, -0.2) is 29.9 Å². The monoisotopic (exact) mass is 166 g/mol. The fraction of sp³-hybridized carbons (Fsp3) is 0. The molecule has 0 radical (unpaired) electrons. The van der Waals surface area contributed by atoms with Crippen LogP contribution < -0.4 is 5.73 Å². The average Bonchev–Trinajstić information content (AvgIpc) is 2.15. The zero-order valence-corrected chi connectivity index (χ0v) is 5.73. The highest BCUT2D eigenvalue weighted by molar-refractivity contribution is 7.38. The van der Waals surface area contributed by atoms with E-state index in [1.54, 1.807) is 0 Å². The van der Waals surface area contributed by atoms with Gasteiger partial charge in [-0.2, -0.15) is 0 Å². The van der Waals surface area contributed by atoms with Gasteiger partial charge < -0.3 is 20.4 Å². The van der Waals surface area contributed by atoms with Crippen molar-refractivity contribution < 1.29 is 14.7 Å². The quantitative estimate of drug-likeness (QED) is 0.301. The molecule has 0 atom stereocenters. The summed E-state index contributed by atoms with van der Waals surface area (Å²) in [5, 5.41) is 5.90. The van der Waals surface area contributed by atoms with Gasteiger partial charge in [-0.3, -0.25) is 5.10 Å². The number of nitrogens with zero attached hydrogens (tertiary/aromatic N) is 2. The van der Waals surface area contributed by atoms with Crippen molar-refractivity contribution in [2.45, 2.75) is 0 Å². The largest absolute Gasteiger partial charge is 0.367 e. The zero-order valence-electron chi connectivity index (χ0n) is 4.84. The van der Waals surface area contributed by atoms with E-state index in [-0.39, 0.29) is 5.95 Å². The van der Waals surface area contributed by atoms with Crippen LogP contribution in [0.1, 0.15) is 0 Å². The molecule has 0 aliphatic carbocycles. The number of hydrogen-bond acceptors (Lipinski definition) is 6. The smallest absolute Gasteiger partial charge is 0.324 e. The van der Waals surface area contributed by atoms with Crippen LogP contribution in [0.25, 0.3) is 0 Å². The third kappa shape index (κ3) is 7.25. The first-order valence-corrected chi connectivity index (χ1v) is 3.31. The Balaban J connectivity index is 0.000000180. The Morgan fingerprint density at radius 2 is 2.00 bits per heavy atom. The highest BCUT2D eigenvalue weighted by Crippen LogP contribution is 2.11. The molecule has 0 aromatic carbocycles. The summed E-state index contributed by atoms with van der Waals surface area (Å²) in [6.07, 6.45) is 1.43. The van der Waals surface area contributed by atoms with Crippen LogP contribution in [0.4, 0.5) is 5.95 Å². The molecule has 0 aliphatic rings. The predicted molar refractivity (Wildman–Crippen MR) is 34.4 cm³/mol. The first-order chi connectivity index (χ1) is 4.63. The number of hydrogen-bond donors (Lipinski definition) is 5. The van der Waals surface area contributed by atoms with E-state index in [4.69, 9.17) is 20.4 Å². The maximum Gasteiger partial charge on any atom is 0.324 e. The van der Waals surface area contributed by atoms with Crippen molar-refractivity contribution in [1.82, 2.24) is 15.2 Å². The van der Waals surface area contributed by atoms with E-state index in [1.807, 2.05) is 0 Å². The van der Waals surface area contributed by atoms with Crippen molar-refractivity contribution in [2.75, 3.05) is 5.73 Å². The van der Waals surface area contributed by atoms with Gasteiger partial charge in [0.25, 0.3) is 0 Å². The van der Waals surface area contributed by atoms with E-state index in [0.29, 0.717) is 0 Å². The molecule has 1 heterocycles. The van der Waals surface area contributed by atoms with Crippen LogP contribution in [0, 0.1) is 0 Å². The third-order valence-corrected chi connectivity index (χ3v) is 0.434. The number of rotatable bonds is 0. The van der Waals surface area contributed by atoms with Crippen LogP contribution in [0.3, 0.4) is 0 Å². The molecular formula is C2H7N4O3P. The molecule has 0 saturated carbocycles. The van der Waals surface area contributed by atoms with Crippen molar-refractivity contribution in [2.24, 2.45) is 0 Å². The molecule has 0 unspecified atom stereocenters. The molecule has 7 nitrogen and oxygen atoms in total. The molecule has 0 fully saturated rings. The van der Waals surface area contributed by atoms with Gasteiger partial charge >= 0.3 is 8.60 Å². The summed E-state index contributed by atoms with van der Waals surface area (Å²) in [7, 11) is -2.62. The van der Waals surface area contributed by atoms with Gasteiger partial charge in [-0.1, -0.05) is 0 Å². The summed E-state index contributed by atoms with van der Waals surface area (Å²) in [5.74, 6) is 0.287. The third-order valence-electron chi connectivity index (χ3n) is 0.434. The molecule has 1 aromatic rings. The summed E-state index contributed by atoms with van der Waals surface area (Å²) in [6.45, 7) is 0. The van der Waals surface area contributed by atoms with Crippen molar-refractivity contribution in [3.63, 3.8) is 0 Å². The number of H-pyrrole nitrogens is 1. The van der Waals surface area contributed by atoms with E-state index < -0.39 is 8.60 Å². The molecule has 0 amide bonds. The molecule has 0 aliphatic heterocycles. The van der Waals surface area contributed by atoms with Crippen LogP contribution in [-0.2, 0) is 0 Å². The number of nitrogens with two attached hydrogens (primary N) is 1. The summed E-state index contributed by atoms with van der Waals surface area (Å²) >= 11 is 0. The zero-order chi connectivity index (χ0) is 7.98. The highest BCUT2D eigenvalue weighted by Gasteiger charge is 1.77. The van der Waals surface area contributed by atoms with E-state index in [1.165, 1.54) is 6.33 Å². The summed E-state index contributed by atoms with van der Waals surface area (Å²) in [6, 6.07) is 0. The van der Waals surface area contributed by atoms with Gasteiger partial charge in [0.05, 0.1) is 0 Å². The van der Waals surface area contributed by atoms with Crippen molar-refractivity contribution in [3.8, 4) is 0 Å². The lowest BCUT2D eigenvalue weighted by Crippen LogP contribution is -1.84. The first-order valence-electron chi connectivity index (χ1n) is 2.11. The van der Waals surface area contributed by atoms with Gasteiger partial charge in [0, 0.05) is 0 Å². The number of nitrogen functional groups attached to an aromatic ring is 1. The minimum Gasteiger partial charge on any atom is -0.367 e. The van der Waals surface area contributed by atoms with Crippen LogP contribution in [0.2, 0.25) is 0 Å². The van der Waals surface area contributed by atoms with E-state index in [9.17, 15) is 0 Å². The van der Waals surface area contributed by atoms with Crippen LogP contribution in [0.5, 0.6) is 0 Å². The lowest BCUT2D eigenvalue weighted by molar-refractivity contribution is 0.368. The Morgan fingerprint density at radius 1 is 1.50 bits per heavy atom. The molecule has 58 valence electrons. The predicted octanol–water partition coefficient (Wildman–Crippen LogP) is -1.42. The fourth-order valence-electron chi connectivity index (χ4n) is 0.219. The van der Waals surface area contributed by atoms with Crippen molar-refractivity contribution >= 4 is 14.6 Å². The number of nitrogens with one attached hydrogen (secondary N) is 1. The lowest BCUT2D eigenvalue weighted by Gasteiger charge is -1.76. The molecule has 0 saturated heterocycles. The SMILES string of the molecule is Nc1nc[nH]n1.OP(O)O. The number of aromatic amines is 1. The molecular weight excluding hydrogens is 159 g/mol. The van der Waals surface area contributed by atoms with Crippen molar-refractivity contribution in [3.05, 3.63) is 6.33 Å². The Labute approximate surface area is 57.5 Å². The fourth-order valence-corrected chi connectivity index (χ4v) is 0.219. The maximum absolute atomic E-state index is 7.23. The van der Waals surface area contributed by atoms with E-state index >= 15 is 0 Å². The van der Waals surface area contributed by atoms with Crippen LogP contribution in [0.15, 0.2) is 6.33 Å². The maximum atomic E-state index is 7.23. The van der Waals surface area contributed by atoms with Gasteiger partial charge in [0.15, 0.2) is 0 Å². The topological polar surface area (TPSA) is 128 Å². The summed E-state index contributed by atoms with van der Waals surface area (Å²) in [5.41, 5.74) is 5.02. The molecule has 8 heteroatoms. The average molecular weight is 166 g/mol. The van der Waals surface area contributed by atoms with Crippen LogP contribution >= 0.6 is 8.60 Å².